The van der Waals surface area contributed by atoms with Gasteiger partial charge < -0.3 is 10.1 Å². The van der Waals surface area contributed by atoms with Crippen LogP contribution < -0.4 is 5.32 Å². The highest BCUT2D eigenvalue weighted by Crippen LogP contribution is 2.13. The van der Waals surface area contributed by atoms with E-state index in [-0.39, 0.29) is 13.0 Å². The molecule has 0 saturated heterocycles. The normalized spacial score (nSPS) is 11.5. The van der Waals surface area contributed by atoms with Crippen LogP contribution in [0.1, 0.15) is 19.4 Å². The van der Waals surface area contributed by atoms with E-state index < -0.39 is 23.4 Å². The van der Waals surface area contributed by atoms with Gasteiger partial charge in [0.1, 0.15) is 5.83 Å². The Balaban J connectivity index is 2.95. The van der Waals surface area contributed by atoms with Gasteiger partial charge in [-0.25, -0.2) is 9.18 Å². The summed E-state index contributed by atoms with van der Waals surface area (Å²) < 4.78 is 18.8. The molecule has 0 saturated carbocycles. The average Bonchev–Trinajstić information content (AvgIpc) is 2.37. The summed E-state index contributed by atoms with van der Waals surface area (Å²) in [6.45, 7) is 2.92. The molecule has 0 atom stereocenters. The third kappa shape index (κ3) is 4.91. The van der Waals surface area contributed by atoms with E-state index in [1.54, 1.807) is 31.2 Å². The predicted molar refractivity (Wildman–Crippen MR) is 68.7 cm³/mol. The third-order valence-electron chi connectivity index (χ3n) is 2.25. The maximum Gasteiger partial charge on any atom is 0.357 e. The number of amides is 1. The van der Waals surface area contributed by atoms with E-state index >= 15 is 0 Å². The smallest absolute Gasteiger partial charge is 0.357 e. The molecule has 0 bridgehead atoms. The van der Waals surface area contributed by atoms with Crippen molar-refractivity contribution in [3.63, 3.8) is 0 Å². The molecular weight excluding hydrogens is 249 g/mol. The van der Waals surface area contributed by atoms with E-state index in [4.69, 9.17) is 4.74 Å². The number of ether oxygens (including phenoxy) is 1. The molecule has 0 aromatic heterocycles. The molecule has 4 nitrogen and oxygen atoms in total. The average molecular weight is 265 g/mol. The van der Waals surface area contributed by atoms with E-state index in [2.05, 4.69) is 5.32 Å². The van der Waals surface area contributed by atoms with Gasteiger partial charge in [0.2, 0.25) is 5.91 Å². The maximum atomic E-state index is 14.1. The number of carbonyl (C=O) groups is 2. The molecule has 1 rings (SSSR count). The highest BCUT2D eigenvalue weighted by atomic mass is 19.1. The zero-order valence-electron chi connectivity index (χ0n) is 10.9. The zero-order chi connectivity index (χ0) is 14.3. The van der Waals surface area contributed by atoms with Crippen molar-refractivity contribution in [3.8, 4) is 0 Å². The summed E-state index contributed by atoms with van der Waals surface area (Å²) >= 11 is 0. The van der Waals surface area contributed by atoms with Crippen molar-refractivity contribution >= 4 is 11.9 Å². The van der Waals surface area contributed by atoms with Gasteiger partial charge in [-0.15, -0.1) is 0 Å². The molecule has 19 heavy (non-hydrogen) atoms. The first-order valence-corrected chi connectivity index (χ1v) is 5.91. The van der Waals surface area contributed by atoms with Crippen molar-refractivity contribution in [2.24, 2.45) is 0 Å². The maximum absolute atomic E-state index is 14.1. The molecule has 1 aromatic carbocycles. The summed E-state index contributed by atoms with van der Waals surface area (Å²) in [5, 5.41) is 2.18. The topological polar surface area (TPSA) is 55.4 Å². The monoisotopic (exact) mass is 265 g/mol. The molecular formula is C14H16FNO3. The molecule has 0 aliphatic carbocycles. The third-order valence-corrected chi connectivity index (χ3v) is 2.25. The fourth-order valence-electron chi connectivity index (χ4n) is 1.47. The van der Waals surface area contributed by atoms with Gasteiger partial charge in [-0.3, -0.25) is 4.79 Å². The highest BCUT2D eigenvalue weighted by Gasteiger charge is 2.18. The molecule has 0 fully saturated rings. The number of benzene rings is 1. The van der Waals surface area contributed by atoms with Crippen molar-refractivity contribution in [3.05, 3.63) is 47.4 Å². The lowest BCUT2D eigenvalue weighted by Gasteiger charge is -2.09. The number of carbonyl (C=O) groups excluding carboxylic acids is 2. The molecule has 0 heterocycles. The Bertz CT molecular complexity index is 483. The number of esters is 1. The first-order valence-electron chi connectivity index (χ1n) is 5.91. The van der Waals surface area contributed by atoms with Gasteiger partial charge in [0, 0.05) is 13.3 Å². The first kappa shape index (κ1) is 14.9. The van der Waals surface area contributed by atoms with Crippen molar-refractivity contribution < 1.29 is 18.7 Å². The summed E-state index contributed by atoms with van der Waals surface area (Å²) in [7, 11) is 0. The van der Waals surface area contributed by atoms with Gasteiger partial charge in [-0.1, -0.05) is 30.3 Å². The van der Waals surface area contributed by atoms with E-state index in [0.29, 0.717) is 5.56 Å². The van der Waals surface area contributed by atoms with E-state index in [1.165, 1.54) is 6.92 Å². The first-order chi connectivity index (χ1) is 9.04. The molecule has 0 unspecified atom stereocenters. The van der Waals surface area contributed by atoms with Crippen LogP contribution in [0.4, 0.5) is 4.39 Å². The summed E-state index contributed by atoms with van der Waals surface area (Å²) in [6, 6.07) is 8.81. The van der Waals surface area contributed by atoms with Crippen LogP contribution in [-0.4, -0.2) is 18.5 Å². The minimum atomic E-state index is -0.869. The van der Waals surface area contributed by atoms with Crippen molar-refractivity contribution in [2.45, 2.75) is 20.3 Å². The van der Waals surface area contributed by atoms with Crippen LogP contribution in [0.2, 0.25) is 0 Å². The minimum absolute atomic E-state index is 0.0741. The summed E-state index contributed by atoms with van der Waals surface area (Å²) in [5.41, 5.74) is 0.269. The SMILES string of the molecule is CCOC(=O)/C(NC(C)=O)=C(/F)Cc1ccccc1. The van der Waals surface area contributed by atoms with Crippen LogP contribution in [0.3, 0.4) is 0 Å². The number of rotatable bonds is 5. The summed E-state index contributed by atoms with van der Waals surface area (Å²) in [5.74, 6) is -2.11. The molecule has 1 aromatic rings. The quantitative estimate of drug-likeness (QED) is 0.655. The number of allylic oxidation sites excluding steroid dienone is 1. The van der Waals surface area contributed by atoms with Crippen molar-refractivity contribution in [1.29, 1.82) is 0 Å². The van der Waals surface area contributed by atoms with Crippen LogP contribution in [0.25, 0.3) is 0 Å². The van der Waals surface area contributed by atoms with Crippen LogP contribution in [0.15, 0.2) is 41.9 Å². The Labute approximate surface area is 111 Å². The van der Waals surface area contributed by atoms with E-state index in [9.17, 15) is 14.0 Å². The Morgan fingerprint density at radius 3 is 2.42 bits per heavy atom. The van der Waals surface area contributed by atoms with E-state index in [0.717, 1.165) is 0 Å². The number of nitrogens with one attached hydrogen (secondary N) is 1. The second-order valence-corrected chi connectivity index (χ2v) is 3.84. The number of hydrogen-bond acceptors (Lipinski definition) is 3. The predicted octanol–water partition coefficient (Wildman–Crippen LogP) is 2.11. The molecule has 0 aliphatic rings. The highest BCUT2D eigenvalue weighted by molar-refractivity contribution is 5.93. The second-order valence-electron chi connectivity index (χ2n) is 3.84. The fraction of sp³-hybridized carbons (Fsp3) is 0.286. The molecule has 102 valence electrons. The Morgan fingerprint density at radius 1 is 1.26 bits per heavy atom. The standard InChI is InChI=1S/C14H16FNO3/c1-3-19-14(18)13(16-10(2)17)12(15)9-11-7-5-4-6-8-11/h4-8H,3,9H2,1-2H3,(H,16,17)/b13-12-. The fourth-order valence-corrected chi connectivity index (χ4v) is 1.47. The van der Waals surface area contributed by atoms with Gasteiger partial charge in [0.25, 0.3) is 0 Å². The summed E-state index contributed by atoms with van der Waals surface area (Å²) in [6.07, 6.45) is -0.0741. The van der Waals surface area contributed by atoms with Crippen LogP contribution in [0.5, 0.6) is 0 Å². The van der Waals surface area contributed by atoms with Crippen LogP contribution >= 0.6 is 0 Å². The Hall–Kier alpha value is -2.17. The molecule has 0 spiro atoms. The molecule has 5 heteroatoms. The second kappa shape index (κ2) is 7.31. The lowest BCUT2D eigenvalue weighted by Crippen LogP contribution is -2.28. The van der Waals surface area contributed by atoms with Crippen LogP contribution in [-0.2, 0) is 20.7 Å². The van der Waals surface area contributed by atoms with Gasteiger partial charge in [0.15, 0.2) is 5.70 Å². The summed E-state index contributed by atoms with van der Waals surface area (Å²) in [4.78, 5) is 22.6. The number of hydrogen-bond donors (Lipinski definition) is 1. The zero-order valence-corrected chi connectivity index (χ0v) is 10.9. The Kier molecular flexibility index (Phi) is 5.73. The molecule has 0 aliphatic heterocycles. The Morgan fingerprint density at radius 2 is 1.89 bits per heavy atom. The van der Waals surface area contributed by atoms with Gasteiger partial charge in [-0.2, -0.15) is 0 Å². The van der Waals surface area contributed by atoms with Gasteiger partial charge >= 0.3 is 5.97 Å². The van der Waals surface area contributed by atoms with Gasteiger partial charge in [0.05, 0.1) is 6.61 Å². The number of halogens is 1. The lowest BCUT2D eigenvalue weighted by atomic mass is 10.1. The van der Waals surface area contributed by atoms with E-state index in [1.807, 2.05) is 6.07 Å². The minimum Gasteiger partial charge on any atom is -0.461 e. The molecule has 1 N–H and O–H groups in total. The van der Waals surface area contributed by atoms with Crippen molar-refractivity contribution in [1.82, 2.24) is 5.32 Å². The van der Waals surface area contributed by atoms with Crippen molar-refractivity contribution in [2.75, 3.05) is 6.61 Å². The van der Waals surface area contributed by atoms with Crippen LogP contribution in [0, 0.1) is 0 Å². The lowest BCUT2D eigenvalue weighted by molar-refractivity contribution is -0.140. The largest absolute Gasteiger partial charge is 0.461 e. The van der Waals surface area contributed by atoms with Gasteiger partial charge in [-0.05, 0) is 12.5 Å². The molecule has 0 radical (unpaired) electrons. The molecule has 1 amide bonds.